The van der Waals surface area contributed by atoms with Crippen molar-refractivity contribution in [2.45, 2.75) is 77.3 Å². The van der Waals surface area contributed by atoms with E-state index in [-0.39, 0.29) is 0 Å². The van der Waals surface area contributed by atoms with Crippen molar-refractivity contribution in [1.82, 2.24) is 40.4 Å². The Kier molecular flexibility index (Phi) is 21.8. The fraction of sp³-hybridized carbons (Fsp3) is 0.591. The van der Waals surface area contributed by atoms with Crippen LogP contribution in [0.2, 0.25) is 0 Å². The smallest absolute Gasteiger partial charge is 0.145 e. The zero-order valence-corrected chi connectivity index (χ0v) is 38.5. The molecule has 2 aromatic heterocycles. The summed E-state index contributed by atoms with van der Waals surface area (Å²) in [6.45, 7) is 19.0. The molecule has 0 unspecified atom stereocenters. The molecule has 15 heteroatoms. The Morgan fingerprint density at radius 3 is 1.75 bits per heavy atom. The minimum absolute atomic E-state index is 0.349. The summed E-state index contributed by atoms with van der Waals surface area (Å²) in [6, 6.07) is 21.2. The van der Waals surface area contributed by atoms with E-state index in [1.807, 2.05) is 48.5 Å². The quantitative estimate of drug-likeness (QED) is 0.0975. The van der Waals surface area contributed by atoms with Crippen molar-refractivity contribution in [1.29, 1.82) is 0 Å². The van der Waals surface area contributed by atoms with Crippen molar-refractivity contribution < 1.29 is 18.9 Å². The van der Waals surface area contributed by atoms with Crippen LogP contribution in [-0.4, -0.2) is 135 Å². The van der Waals surface area contributed by atoms with Crippen LogP contribution in [0.1, 0.15) is 76.6 Å². The predicted octanol–water partition coefficient (Wildman–Crippen LogP) is 6.14. The van der Waals surface area contributed by atoms with Crippen LogP contribution in [0.25, 0.3) is 5.69 Å². The van der Waals surface area contributed by atoms with E-state index in [2.05, 4.69) is 112 Å². The lowest BCUT2D eigenvalue weighted by Crippen LogP contribution is -2.47. The lowest BCUT2D eigenvalue weighted by atomic mass is 9.91. The number of benzene rings is 2. The molecule has 4 heterocycles. The van der Waals surface area contributed by atoms with Crippen molar-refractivity contribution in [2.75, 3.05) is 104 Å². The first-order chi connectivity index (χ1) is 28.6. The lowest BCUT2D eigenvalue weighted by Gasteiger charge is -2.30. The second-order valence-corrected chi connectivity index (χ2v) is 16.8. The van der Waals surface area contributed by atoms with Gasteiger partial charge in [-0.2, -0.15) is 10.2 Å². The largest absolute Gasteiger partial charge is 0.492 e. The van der Waals surface area contributed by atoms with Gasteiger partial charge in [-0.3, -0.25) is 14.9 Å². The van der Waals surface area contributed by atoms with E-state index in [1.165, 1.54) is 29.3 Å². The molecule has 59 heavy (non-hydrogen) atoms. The van der Waals surface area contributed by atoms with Crippen molar-refractivity contribution in [3.63, 3.8) is 0 Å². The molecular weight excluding hydrogens is 859 g/mol. The van der Waals surface area contributed by atoms with E-state index in [0.29, 0.717) is 42.2 Å². The zero-order chi connectivity index (χ0) is 42.4. The number of likely N-dealkylation sites (N-methyl/N-ethyl adjacent to an activating group) is 2. The molecule has 1 aliphatic carbocycles. The number of nitrogens with zero attached hydrogens (tertiary/aromatic N) is 5. The van der Waals surface area contributed by atoms with Gasteiger partial charge in [-0.15, -0.1) is 0 Å². The maximum Gasteiger partial charge on any atom is 0.145 e. The highest BCUT2D eigenvalue weighted by Gasteiger charge is 2.21. The normalized spacial score (nSPS) is 18.5. The molecule has 0 spiro atoms. The highest BCUT2D eigenvalue weighted by atomic mass is 127. The van der Waals surface area contributed by atoms with E-state index >= 15 is 0 Å². The number of aromatic amines is 1. The van der Waals surface area contributed by atoms with Crippen molar-refractivity contribution in [2.24, 2.45) is 0 Å². The summed E-state index contributed by atoms with van der Waals surface area (Å²) in [5.41, 5.74) is 14.5. The van der Waals surface area contributed by atoms with Crippen LogP contribution in [0.3, 0.4) is 0 Å². The number of rotatable bonds is 13. The lowest BCUT2D eigenvalue weighted by molar-refractivity contribution is 0.0321. The number of nitrogen functional groups attached to an aromatic ring is 2. The highest BCUT2D eigenvalue weighted by molar-refractivity contribution is 14.1. The Balaban J connectivity index is 0.000000189. The number of hydrogen-bond donors (Lipinski definition) is 5. The van der Waals surface area contributed by atoms with Crippen LogP contribution >= 0.6 is 22.6 Å². The molecule has 2 atom stereocenters. The first kappa shape index (κ1) is 48.2. The summed E-state index contributed by atoms with van der Waals surface area (Å²) in [5.74, 6) is 3.83. The van der Waals surface area contributed by atoms with Gasteiger partial charge in [0.1, 0.15) is 36.3 Å². The van der Waals surface area contributed by atoms with E-state index in [4.69, 9.17) is 30.4 Å². The second-order valence-electron chi connectivity index (χ2n) is 15.6. The standard InChI is InChI=1S/C18H26N4O2.C12H16INO2.C8H18N2.C6H11N3/c1-14(2)17-13-18(19)22(20-17)15-4-3-5-16(12-15)24-11-8-21-6-9-23-10-7-21;13-11-2-1-3-12(10-11)16-9-6-14-4-7-15-8-5-14;1-9-7-5-3-4-6-8(7)10-2;1-4(2)5-3-6(7)9-8-5/h3-5,12-14H,6-11,19H2,1-2H3;1-3,10H,4-9H2;7-10H,3-6H2,1-2H3;3-4H,1-2H3,(H3,7,8,9)/t;;7-,8-;/m..1./s1. The Morgan fingerprint density at radius 2 is 1.31 bits per heavy atom. The summed E-state index contributed by atoms with van der Waals surface area (Å²) in [4.78, 5) is 4.73. The molecule has 0 amide bonds. The molecule has 3 aliphatic rings. The van der Waals surface area contributed by atoms with Gasteiger partial charge in [0, 0.05) is 78.8 Å². The molecule has 1 saturated carbocycles. The average molecular weight is 931 g/mol. The second kappa shape index (κ2) is 26.7. The molecule has 2 aliphatic heterocycles. The van der Waals surface area contributed by atoms with Gasteiger partial charge in [0.2, 0.25) is 0 Å². The fourth-order valence-corrected chi connectivity index (χ4v) is 7.39. The van der Waals surface area contributed by atoms with Crippen molar-refractivity contribution in [3.8, 4) is 17.2 Å². The first-order valence-electron chi connectivity index (χ1n) is 21.3. The number of nitrogens with two attached hydrogens (primary N) is 2. The summed E-state index contributed by atoms with van der Waals surface area (Å²) in [7, 11) is 4.11. The van der Waals surface area contributed by atoms with Crippen LogP contribution in [0.4, 0.5) is 11.6 Å². The fourth-order valence-electron chi connectivity index (χ4n) is 6.87. The minimum Gasteiger partial charge on any atom is -0.492 e. The number of aromatic nitrogens is 4. The minimum atomic E-state index is 0.349. The molecule has 14 nitrogen and oxygen atoms in total. The molecule has 7 N–H and O–H groups in total. The topological polar surface area (TPSA) is 166 Å². The van der Waals surface area contributed by atoms with Gasteiger partial charge in [0.15, 0.2) is 0 Å². The Morgan fingerprint density at radius 1 is 0.763 bits per heavy atom. The summed E-state index contributed by atoms with van der Waals surface area (Å²) >= 11 is 2.29. The van der Waals surface area contributed by atoms with Gasteiger partial charge in [0.25, 0.3) is 0 Å². The summed E-state index contributed by atoms with van der Waals surface area (Å²) in [5, 5.41) is 17.9. The molecule has 2 aromatic carbocycles. The monoisotopic (exact) mass is 930 g/mol. The first-order valence-corrected chi connectivity index (χ1v) is 22.4. The molecule has 2 saturated heterocycles. The van der Waals surface area contributed by atoms with E-state index in [1.54, 1.807) is 4.68 Å². The van der Waals surface area contributed by atoms with Gasteiger partial charge < -0.3 is 41.0 Å². The number of hydrogen-bond acceptors (Lipinski definition) is 12. The van der Waals surface area contributed by atoms with Crippen molar-refractivity contribution >= 4 is 34.2 Å². The SMILES string of the molecule is CC(C)c1cc(N)n(-c2cccc(OCCN3CCOCC3)c2)n1.CC(C)c1cc(N)n[nH]1.CN[C@@H]1CCCC[C@H]1NC.Ic1cccc(OCCN2CCOCC2)c1. The van der Waals surface area contributed by atoms with E-state index in [0.717, 1.165) is 101 Å². The molecular formula is C44H71IN10O4. The van der Waals surface area contributed by atoms with Crippen LogP contribution in [0, 0.1) is 3.57 Å². The Labute approximate surface area is 366 Å². The molecule has 328 valence electrons. The van der Waals surface area contributed by atoms with Crippen LogP contribution in [0.15, 0.2) is 60.7 Å². The number of morpholine rings is 2. The summed E-state index contributed by atoms with van der Waals surface area (Å²) in [6.07, 6.45) is 5.46. The van der Waals surface area contributed by atoms with Crippen molar-refractivity contribution in [3.05, 3.63) is 75.6 Å². The highest BCUT2D eigenvalue weighted by Crippen LogP contribution is 2.23. The number of H-pyrrole nitrogens is 1. The maximum absolute atomic E-state index is 6.10. The number of ether oxygens (including phenoxy) is 4. The Hall–Kier alpha value is -3.45. The molecule has 0 radical (unpaired) electrons. The third kappa shape index (κ3) is 17.6. The predicted molar refractivity (Wildman–Crippen MR) is 248 cm³/mol. The van der Waals surface area contributed by atoms with E-state index in [9.17, 15) is 0 Å². The zero-order valence-electron chi connectivity index (χ0n) is 36.3. The molecule has 7 rings (SSSR count). The van der Waals surface area contributed by atoms with Gasteiger partial charge in [-0.05, 0) is 91.7 Å². The summed E-state index contributed by atoms with van der Waals surface area (Å²) < 4.78 is 25.2. The third-order valence-electron chi connectivity index (χ3n) is 10.5. The number of halogens is 1. The van der Waals surface area contributed by atoms with Crippen LogP contribution in [-0.2, 0) is 9.47 Å². The number of anilines is 2. The number of nitrogens with one attached hydrogen (secondary N) is 3. The average Bonchev–Trinajstić information content (AvgIpc) is 3.88. The van der Waals surface area contributed by atoms with Crippen LogP contribution < -0.4 is 31.6 Å². The van der Waals surface area contributed by atoms with Gasteiger partial charge in [-0.1, -0.05) is 52.7 Å². The molecule has 4 aromatic rings. The maximum atomic E-state index is 6.10. The molecule has 3 fully saturated rings. The van der Waals surface area contributed by atoms with Gasteiger partial charge >= 0.3 is 0 Å². The van der Waals surface area contributed by atoms with E-state index < -0.39 is 0 Å². The Bertz CT molecular complexity index is 1710. The molecule has 0 bridgehead atoms. The van der Waals surface area contributed by atoms with Gasteiger partial charge in [-0.25, -0.2) is 4.68 Å². The van der Waals surface area contributed by atoms with Gasteiger partial charge in [0.05, 0.1) is 37.8 Å². The van der Waals surface area contributed by atoms with Crippen LogP contribution in [0.5, 0.6) is 11.5 Å². The third-order valence-corrected chi connectivity index (χ3v) is 11.2.